The second kappa shape index (κ2) is 6.61. The van der Waals surface area contributed by atoms with Crippen molar-refractivity contribution in [3.63, 3.8) is 0 Å². The van der Waals surface area contributed by atoms with Crippen LogP contribution in [0.25, 0.3) is 0 Å². The molecule has 18 heavy (non-hydrogen) atoms. The van der Waals surface area contributed by atoms with Crippen LogP contribution in [-0.4, -0.2) is 16.5 Å². The molecule has 3 nitrogen and oxygen atoms in total. The highest BCUT2D eigenvalue weighted by atomic mass is 79.9. The summed E-state index contributed by atoms with van der Waals surface area (Å²) in [7, 11) is 0. The van der Waals surface area contributed by atoms with E-state index in [1.165, 1.54) is 5.56 Å². The molecule has 1 unspecified atom stereocenters. The zero-order valence-electron chi connectivity index (χ0n) is 10.3. The molecule has 0 aliphatic rings. The number of aromatic nitrogens is 2. The van der Waals surface area contributed by atoms with Crippen molar-refractivity contribution in [1.29, 1.82) is 0 Å². The third-order valence-corrected chi connectivity index (χ3v) is 3.23. The molecule has 0 bridgehead atoms. The Kier molecular flexibility index (Phi) is 4.84. The van der Waals surface area contributed by atoms with Gasteiger partial charge in [-0.05, 0) is 52.3 Å². The number of halogens is 1. The van der Waals surface area contributed by atoms with Crippen LogP contribution in [0.15, 0.2) is 47.3 Å². The van der Waals surface area contributed by atoms with Gasteiger partial charge in [-0.3, -0.25) is 9.97 Å². The van der Waals surface area contributed by atoms with Crippen molar-refractivity contribution in [1.82, 2.24) is 15.3 Å². The van der Waals surface area contributed by atoms with Crippen LogP contribution < -0.4 is 5.32 Å². The molecule has 0 radical (unpaired) electrons. The molecule has 2 rings (SSSR count). The van der Waals surface area contributed by atoms with E-state index >= 15 is 0 Å². The van der Waals surface area contributed by atoms with Gasteiger partial charge in [0.05, 0.1) is 0 Å². The fraction of sp³-hybridized carbons (Fsp3) is 0.286. The van der Waals surface area contributed by atoms with E-state index in [4.69, 9.17) is 0 Å². The van der Waals surface area contributed by atoms with E-state index < -0.39 is 0 Å². The van der Waals surface area contributed by atoms with Crippen molar-refractivity contribution in [2.75, 3.05) is 6.54 Å². The van der Waals surface area contributed by atoms with Gasteiger partial charge in [0.15, 0.2) is 0 Å². The number of likely N-dealkylation sites (N-methyl/N-ethyl adjacent to an activating group) is 1. The lowest BCUT2D eigenvalue weighted by molar-refractivity contribution is 0.543. The van der Waals surface area contributed by atoms with Crippen LogP contribution in [-0.2, 0) is 6.42 Å². The lowest BCUT2D eigenvalue weighted by atomic mass is 10.0. The molecule has 0 saturated carbocycles. The van der Waals surface area contributed by atoms with Gasteiger partial charge < -0.3 is 5.32 Å². The molecule has 0 spiro atoms. The highest BCUT2D eigenvalue weighted by Crippen LogP contribution is 2.17. The predicted octanol–water partition coefficient (Wildman–Crippen LogP) is 3.13. The second-order valence-electron chi connectivity index (χ2n) is 4.06. The van der Waals surface area contributed by atoms with Gasteiger partial charge in [0, 0.05) is 41.2 Å². The summed E-state index contributed by atoms with van der Waals surface area (Å²) in [4.78, 5) is 8.48. The molecule has 0 aliphatic carbocycles. The van der Waals surface area contributed by atoms with Crippen molar-refractivity contribution in [3.8, 4) is 0 Å². The van der Waals surface area contributed by atoms with Crippen LogP contribution in [0.1, 0.15) is 24.2 Å². The predicted molar refractivity (Wildman–Crippen MR) is 76.3 cm³/mol. The Labute approximate surface area is 116 Å². The molecule has 0 amide bonds. The minimum Gasteiger partial charge on any atom is -0.310 e. The number of nitrogens with zero attached hydrogens (tertiary/aromatic N) is 2. The zero-order valence-corrected chi connectivity index (χ0v) is 11.9. The van der Waals surface area contributed by atoms with Crippen LogP contribution in [0.4, 0.5) is 0 Å². The first-order valence-electron chi connectivity index (χ1n) is 6.03. The normalized spacial score (nSPS) is 12.3. The molecule has 0 aliphatic heterocycles. The van der Waals surface area contributed by atoms with E-state index in [0.717, 1.165) is 23.1 Å². The Balaban J connectivity index is 2.14. The Bertz CT molecular complexity index is 470. The topological polar surface area (TPSA) is 37.8 Å². The molecular formula is C14H16BrN3. The zero-order chi connectivity index (χ0) is 12.8. The molecule has 1 atom stereocenters. The minimum absolute atomic E-state index is 0.284. The lowest BCUT2D eigenvalue weighted by Gasteiger charge is -2.17. The number of rotatable bonds is 5. The molecule has 1 N–H and O–H groups in total. The van der Waals surface area contributed by atoms with Crippen molar-refractivity contribution in [2.24, 2.45) is 0 Å². The summed E-state index contributed by atoms with van der Waals surface area (Å²) in [6.07, 6.45) is 6.37. The maximum atomic E-state index is 4.42. The number of hydrogen-bond donors (Lipinski definition) is 1. The molecule has 0 fully saturated rings. The van der Waals surface area contributed by atoms with Gasteiger partial charge in [-0.1, -0.05) is 6.92 Å². The molecule has 0 aromatic carbocycles. The van der Waals surface area contributed by atoms with Gasteiger partial charge in [-0.15, -0.1) is 0 Å². The van der Waals surface area contributed by atoms with Crippen LogP contribution in [0.3, 0.4) is 0 Å². The average Bonchev–Trinajstić information content (AvgIpc) is 2.42. The Hall–Kier alpha value is -1.26. The van der Waals surface area contributed by atoms with E-state index in [1.54, 1.807) is 0 Å². The Morgan fingerprint density at radius 1 is 1.22 bits per heavy atom. The molecule has 4 heteroatoms. The number of nitrogens with one attached hydrogen (secondary N) is 1. The first-order valence-corrected chi connectivity index (χ1v) is 6.82. The molecule has 2 aromatic heterocycles. The standard InChI is InChI=1S/C14H16BrN3/c1-2-17-14(11-5-7-16-8-6-11)9-13-4-3-12(15)10-18-13/h3-8,10,14,17H,2,9H2,1H3. The van der Waals surface area contributed by atoms with Crippen molar-refractivity contribution in [3.05, 3.63) is 58.6 Å². The first-order chi connectivity index (χ1) is 8.79. The van der Waals surface area contributed by atoms with Gasteiger partial charge in [-0.2, -0.15) is 0 Å². The van der Waals surface area contributed by atoms with Gasteiger partial charge in [-0.25, -0.2) is 0 Å². The van der Waals surface area contributed by atoms with Crippen LogP contribution in [0.5, 0.6) is 0 Å². The molecule has 0 saturated heterocycles. The van der Waals surface area contributed by atoms with Gasteiger partial charge in [0.1, 0.15) is 0 Å². The lowest BCUT2D eigenvalue weighted by Crippen LogP contribution is -2.23. The van der Waals surface area contributed by atoms with E-state index in [1.807, 2.05) is 36.8 Å². The fourth-order valence-electron chi connectivity index (χ4n) is 1.89. The first kappa shape index (κ1) is 13.2. The van der Waals surface area contributed by atoms with Gasteiger partial charge >= 0.3 is 0 Å². The summed E-state index contributed by atoms with van der Waals surface area (Å²) in [5, 5.41) is 3.48. The minimum atomic E-state index is 0.284. The summed E-state index contributed by atoms with van der Waals surface area (Å²) in [6.45, 7) is 3.05. The van der Waals surface area contributed by atoms with E-state index in [9.17, 15) is 0 Å². The van der Waals surface area contributed by atoms with Crippen LogP contribution >= 0.6 is 15.9 Å². The van der Waals surface area contributed by atoms with Gasteiger partial charge in [0.25, 0.3) is 0 Å². The number of pyridine rings is 2. The molecule has 94 valence electrons. The maximum Gasteiger partial charge on any atom is 0.0423 e. The third kappa shape index (κ3) is 3.62. The second-order valence-corrected chi connectivity index (χ2v) is 4.98. The molecule has 2 heterocycles. The summed E-state index contributed by atoms with van der Waals surface area (Å²) in [6, 6.07) is 8.46. The highest BCUT2D eigenvalue weighted by molar-refractivity contribution is 9.10. The fourth-order valence-corrected chi connectivity index (χ4v) is 2.12. The van der Waals surface area contributed by atoms with E-state index in [2.05, 4.69) is 44.2 Å². The molecular weight excluding hydrogens is 290 g/mol. The van der Waals surface area contributed by atoms with Crippen molar-refractivity contribution < 1.29 is 0 Å². The van der Waals surface area contributed by atoms with Crippen molar-refractivity contribution in [2.45, 2.75) is 19.4 Å². The quantitative estimate of drug-likeness (QED) is 0.922. The monoisotopic (exact) mass is 305 g/mol. The largest absolute Gasteiger partial charge is 0.310 e. The Morgan fingerprint density at radius 2 is 2.00 bits per heavy atom. The summed E-state index contributed by atoms with van der Waals surface area (Å²) in [5.74, 6) is 0. The van der Waals surface area contributed by atoms with E-state index in [0.29, 0.717) is 0 Å². The van der Waals surface area contributed by atoms with Crippen LogP contribution in [0.2, 0.25) is 0 Å². The summed E-state index contributed by atoms with van der Waals surface area (Å²) >= 11 is 3.40. The SMILES string of the molecule is CCNC(Cc1ccc(Br)cn1)c1ccncc1. The highest BCUT2D eigenvalue weighted by Gasteiger charge is 2.11. The Morgan fingerprint density at radius 3 is 2.61 bits per heavy atom. The maximum absolute atomic E-state index is 4.42. The van der Waals surface area contributed by atoms with E-state index in [-0.39, 0.29) is 6.04 Å². The number of hydrogen-bond acceptors (Lipinski definition) is 3. The molecule has 2 aromatic rings. The van der Waals surface area contributed by atoms with Crippen molar-refractivity contribution >= 4 is 15.9 Å². The van der Waals surface area contributed by atoms with Crippen LogP contribution in [0, 0.1) is 0 Å². The summed E-state index contributed by atoms with van der Waals surface area (Å²) in [5.41, 5.74) is 2.33. The third-order valence-electron chi connectivity index (χ3n) is 2.76. The smallest absolute Gasteiger partial charge is 0.0423 e. The average molecular weight is 306 g/mol. The van der Waals surface area contributed by atoms with Gasteiger partial charge in [0.2, 0.25) is 0 Å². The summed E-state index contributed by atoms with van der Waals surface area (Å²) < 4.78 is 1.01.